The minimum Gasteiger partial charge on any atom is -0.481 e. The number of guanidine groups is 1. The van der Waals surface area contributed by atoms with Gasteiger partial charge in [-0.05, 0) is 74.8 Å². The summed E-state index contributed by atoms with van der Waals surface area (Å²) in [5, 5.41) is 8.99. The maximum Gasteiger partial charge on any atom is 0.303 e. The lowest BCUT2D eigenvalue weighted by atomic mass is 9.81. The molecule has 0 radical (unpaired) electrons. The quantitative estimate of drug-likeness (QED) is 0.297. The summed E-state index contributed by atoms with van der Waals surface area (Å²) in [5.74, 6) is 1.84. The Morgan fingerprint density at radius 3 is 2.52 bits per heavy atom. The molecule has 1 unspecified atom stereocenters. The number of para-hydroxylation sites is 1. The number of carboxylic acid groups (broad SMARTS) is 1. The number of nitrogens with two attached hydrogens (primary N) is 1. The summed E-state index contributed by atoms with van der Waals surface area (Å²) in [6.45, 7) is 2.69. The maximum atomic E-state index is 13.3. The number of carbonyl (C=O) groups excluding carboxylic acids is 1. The Hall–Kier alpha value is -3.55. The van der Waals surface area contributed by atoms with E-state index >= 15 is 0 Å². The van der Waals surface area contributed by atoms with Crippen LogP contribution in [0.4, 0.5) is 5.69 Å². The Kier molecular flexibility index (Phi) is 10.4. The summed E-state index contributed by atoms with van der Waals surface area (Å²) in [5.41, 5.74) is 8.51. The normalized spacial score (nSPS) is 16.9. The van der Waals surface area contributed by atoms with Crippen LogP contribution < -0.4 is 10.5 Å². The average molecular weight is 549 g/mol. The highest BCUT2D eigenvalue weighted by Crippen LogP contribution is 2.37. The summed E-state index contributed by atoms with van der Waals surface area (Å²) in [6.07, 6.45) is 9.29. The van der Waals surface area contributed by atoms with Crippen molar-refractivity contribution in [1.29, 1.82) is 0 Å². The van der Waals surface area contributed by atoms with E-state index in [2.05, 4.69) is 11.8 Å². The van der Waals surface area contributed by atoms with Gasteiger partial charge in [0, 0.05) is 44.1 Å². The molecule has 2 aliphatic rings. The number of hydrogen-bond acceptors (Lipinski definition) is 6. The summed E-state index contributed by atoms with van der Waals surface area (Å²) in [6, 6.07) is 15.8. The molecular weight excluding hydrogens is 504 g/mol. The van der Waals surface area contributed by atoms with E-state index in [1.54, 1.807) is 0 Å². The van der Waals surface area contributed by atoms with Gasteiger partial charge >= 0.3 is 5.97 Å². The van der Waals surface area contributed by atoms with Crippen molar-refractivity contribution in [2.75, 3.05) is 7.05 Å². The van der Waals surface area contributed by atoms with Crippen molar-refractivity contribution in [3.8, 4) is 11.5 Å². The number of ether oxygens (including phenoxy) is 1. The van der Waals surface area contributed by atoms with Gasteiger partial charge in [0.1, 0.15) is 11.5 Å². The van der Waals surface area contributed by atoms with Crippen molar-refractivity contribution in [2.24, 2.45) is 16.6 Å². The lowest BCUT2D eigenvalue weighted by Gasteiger charge is -2.41. The second-order valence-corrected chi connectivity index (χ2v) is 11.2. The third-order valence-corrected chi connectivity index (χ3v) is 8.49. The molecule has 1 amide bonds. The van der Waals surface area contributed by atoms with Crippen LogP contribution in [0.5, 0.6) is 11.5 Å². The molecule has 8 nitrogen and oxygen atoms in total. The summed E-state index contributed by atoms with van der Waals surface area (Å²) in [7, 11) is 1.86. The molecule has 4 rings (SSSR count). The molecular formula is C32H44N4O4. The van der Waals surface area contributed by atoms with Gasteiger partial charge in [0.2, 0.25) is 5.91 Å². The fourth-order valence-electron chi connectivity index (χ4n) is 6.20. The zero-order valence-corrected chi connectivity index (χ0v) is 23.9. The molecule has 3 N–H and O–H groups in total. The Labute approximate surface area is 238 Å². The summed E-state index contributed by atoms with van der Waals surface area (Å²) < 4.78 is 6.08. The molecule has 216 valence electrons. The van der Waals surface area contributed by atoms with E-state index in [0.717, 1.165) is 42.0 Å². The van der Waals surface area contributed by atoms with Crippen molar-refractivity contribution >= 4 is 23.5 Å². The molecule has 40 heavy (non-hydrogen) atoms. The number of carboxylic acids is 1. The highest BCUT2D eigenvalue weighted by atomic mass is 16.5. The van der Waals surface area contributed by atoms with Gasteiger partial charge in [-0.3, -0.25) is 9.59 Å². The number of aliphatic imine (C=N–C) groups is 1. The van der Waals surface area contributed by atoms with E-state index in [1.165, 1.54) is 19.3 Å². The molecule has 0 spiro atoms. The zero-order chi connectivity index (χ0) is 28.5. The van der Waals surface area contributed by atoms with E-state index in [4.69, 9.17) is 20.6 Å². The molecule has 1 heterocycles. The van der Waals surface area contributed by atoms with Gasteiger partial charge in [-0.2, -0.15) is 0 Å². The van der Waals surface area contributed by atoms with E-state index in [9.17, 15) is 9.59 Å². The summed E-state index contributed by atoms with van der Waals surface area (Å²) in [4.78, 5) is 33.1. The number of benzene rings is 2. The van der Waals surface area contributed by atoms with Crippen molar-refractivity contribution in [3.05, 3.63) is 54.1 Å². The largest absolute Gasteiger partial charge is 0.481 e. The average Bonchev–Trinajstić information content (AvgIpc) is 2.96. The minimum absolute atomic E-state index is 0.0523. The molecule has 1 fully saturated rings. The van der Waals surface area contributed by atoms with Crippen molar-refractivity contribution in [1.82, 2.24) is 9.80 Å². The van der Waals surface area contributed by atoms with Crippen LogP contribution in [0.2, 0.25) is 0 Å². The van der Waals surface area contributed by atoms with Crippen LogP contribution in [0.25, 0.3) is 0 Å². The summed E-state index contributed by atoms with van der Waals surface area (Å²) >= 11 is 0. The van der Waals surface area contributed by atoms with E-state index in [1.807, 2.05) is 60.5 Å². The van der Waals surface area contributed by atoms with Crippen LogP contribution in [0.15, 0.2) is 53.5 Å². The number of hydrogen-bond donors (Lipinski definition) is 2. The molecule has 2 aromatic carbocycles. The predicted molar refractivity (Wildman–Crippen MR) is 158 cm³/mol. The van der Waals surface area contributed by atoms with Crippen LogP contribution in [-0.4, -0.2) is 51.9 Å². The SMILES string of the molecule is CCC(CCCC(=O)O)N(C)C(=O)CC[C@@H](C1CCCCC1)N1Cc2cc(Oc3ccccc3)ccc2N=C1N. The molecule has 8 heteroatoms. The number of rotatable bonds is 13. The Morgan fingerprint density at radius 2 is 1.82 bits per heavy atom. The second kappa shape index (κ2) is 14.2. The topological polar surface area (TPSA) is 108 Å². The van der Waals surface area contributed by atoms with Gasteiger partial charge in [0.15, 0.2) is 5.96 Å². The van der Waals surface area contributed by atoms with E-state index in [0.29, 0.717) is 44.1 Å². The number of amides is 1. The van der Waals surface area contributed by atoms with Gasteiger partial charge < -0.3 is 25.4 Å². The number of aliphatic carboxylic acids is 1. The first-order valence-corrected chi connectivity index (χ1v) is 14.8. The molecule has 1 saturated carbocycles. The Bertz CT molecular complexity index is 1160. The van der Waals surface area contributed by atoms with Gasteiger partial charge in [0.25, 0.3) is 0 Å². The smallest absolute Gasteiger partial charge is 0.303 e. The molecule has 0 aromatic heterocycles. The first kappa shape index (κ1) is 29.4. The van der Waals surface area contributed by atoms with Gasteiger partial charge in [-0.25, -0.2) is 4.99 Å². The highest BCUT2D eigenvalue weighted by molar-refractivity contribution is 5.84. The van der Waals surface area contributed by atoms with Crippen molar-refractivity contribution < 1.29 is 19.4 Å². The molecule has 0 saturated heterocycles. The fourth-order valence-corrected chi connectivity index (χ4v) is 6.20. The van der Waals surface area contributed by atoms with Crippen molar-refractivity contribution in [3.63, 3.8) is 0 Å². The van der Waals surface area contributed by atoms with Crippen LogP contribution in [0, 0.1) is 5.92 Å². The van der Waals surface area contributed by atoms with Crippen molar-refractivity contribution in [2.45, 2.75) is 96.2 Å². The van der Waals surface area contributed by atoms with Crippen LogP contribution in [-0.2, 0) is 16.1 Å². The zero-order valence-electron chi connectivity index (χ0n) is 23.9. The monoisotopic (exact) mass is 548 g/mol. The van der Waals surface area contributed by atoms with Gasteiger partial charge in [-0.15, -0.1) is 0 Å². The molecule has 0 bridgehead atoms. The first-order valence-electron chi connectivity index (χ1n) is 14.8. The highest BCUT2D eigenvalue weighted by Gasteiger charge is 2.33. The van der Waals surface area contributed by atoms with Crippen LogP contribution >= 0.6 is 0 Å². The van der Waals surface area contributed by atoms with E-state index in [-0.39, 0.29) is 24.4 Å². The van der Waals surface area contributed by atoms with Crippen LogP contribution in [0.1, 0.15) is 83.1 Å². The molecule has 2 atom stereocenters. The minimum atomic E-state index is -0.791. The standard InChI is InChI=1S/C32H44N4O4/c1-3-25(13-10-16-31(38)39)35(2)30(37)20-19-29(23-11-6-4-7-12-23)36-22-24-21-27(17-18-28(24)34-32(36)33)40-26-14-8-5-9-15-26/h5,8-9,14-15,17-18,21,23,25,29H,3-4,6-7,10-13,16,19-20,22H2,1-2H3,(H2,33,34)(H,38,39)/t25?,29-/m0/s1. The maximum absolute atomic E-state index is 13.3. The number of fused-ring (bicyclic) bond motifs is 1. The molecule has 1 aliphatic carbocycles. The Morgan fingerprint density at radius 1 is 1.07 bits per heavy atom. The lowest BCUT2D eigenvalue weighted by Crippen LogP contribution is -2.49. The first-order chi connectivity index (χ1) is 19.4. The van der Waals surface area contributed by atoms with Crippen LogP contribution in [0.3, 0.4) is 0 Å². The number of carbonyl (C=O) groups is 2. The van der Waals surface area contributed by atoms with Gasteiger partial charge in [-0.1, -0.05) is 44.4 Å². The van der Waals surface area contributed by atoms with E-state index < -0.39 is 5.97 Å². The lowest BCUT2D eigenvalue weighted by molar-refractivity contribution is -0.137. The van der Waals surface area contributed by atoms with Gasteiger partial charge in [0.05, 0.1) is 5.69 Å². The second-order valence-electron chi connectivity index (χ2n) is 11.2. The Balaban J connectivity index is 1.46. The molecule has 2 aromatic rings. The third-order valence-electron chi connectivity index (χ3n) is 8.49. The third kappa shape index (κ3) is 7.77. The molecule has 1 aliphatic heterocycles. The number of nitrogens with zero attached hydrogens (tertiary/aromatic N) is 3. The fraction of sp³-hybridized carbons (Fsp3) is 0.531. The predicted octanol–water partition coefficient (Wildman–Crippen LogP) is 6.46.